The minimum absolute atomic E-state index is 0.585. The Balaban J connectivity index is 1.76. The van der Waals surface area contributed by atoms with Crippen LogP contribution in [0.25, 0.3) is 28.2 Å². The van der Waals surface area contributed by atoms with Crippen molar-refractivity contribution in [2.45, 2.75) is 32.6 Å². The predicted octanol–water partition coefficient (Wildman–Crippen LogP) is 3.64. The van der Waals surface area contributed by atoms with Gasteiger partial charge in [0.05, 0.1) is 11.4 Å². The van der Waals surface area contributed by atoms with Crippen LogP contribution in [-0.2, 0) is 7.05 Å². The molecule has 0 unspecified atom stereocenters. The minimum atomic E-state index is 0.585. The van der Waals surface area contributed by atoms with Gasteiger partial charge in [0, 0.05) is 30.9 Å². The van der Waals surface area contributed by atoms with Crippen LogP contribution in [0.3, 0.4) is 0 Å². The summed E-state index contributed by atoms with van der Waals surface area (Å²) in [7, 11) is 1.97. The lowest BCUT2D eigenvalue weighted by atomic mass is 10.0. The van der Waals surface area contributed by atoms with E-state index in [1.165, 1.54) is 24.0 Å². The van der Waals surface area contributed by atoms with Gasteiger partial charge in [-0.15, -0.1) is 0 Å². The molecule has 6 nitrogen and oxygen atoms in total. The molecule has 5 rings (SSSR count). The largest absolute Gasteiger partial charge is 0.335 e. The van der Waals surface area contributed by atoms with Gasteiger partial charge >= 0.3 is 0 Å². The molecular weight excluding hydrogens is 312 g/mol. The highest BCUT2D eigenvalue weighted by Crippen LogP contribution is 2.42. The monoisotopic (exact) mass is 332 g/mol. The first-order valence-corrected chi connectivity index (χ1v) is 8.66. The van der Waals surface area contributed by atoms with Crippen molar-refractivity contribution in [3.05, 3.63) is 47.4 Å². The zero-order chi connectivity index (χ0) is 17.1. The lowest BCUT2D eigenvalue weighted by Gasteiger charge is -2.12. The van der Waals surface area contributed by atoms with Gasteiger partial charge in [-0.1, -0.05) is 6.07 Å². The number of H-pyrrole nitrogens is 1. The van der Waals surface area contributed by atoms with Gasteiger partial charge in [-0.05, 0) is 49.9 Å². The van der Waals surface area contributed by atoms with Crippen LogP contribution >= 0.6 is 0 Å². The summed E-state index contributed by atoms with van der Waals surface area (Å²) in [4.78, 5) is 8.43. The molecule has 1 fully saturated rings. The lowest BCUT2D eigenvalue weighted by molar-refractivity contribution is 0.758. The van der Waals surface area contributed by atoms with E-state index in [4.69, 9.17) is 4.98 Å². The molecule has 3 aromatic heterocycles. The van der Waals surface area contributed by atoms with Crippen molar-refractivity contribution >= 4 is 11.2 Å². The second kappa shape index (κ2) is 5.05. The SMILES string of the molecule is Cc1cc(C)c(-c2nc3c([nH]2)c(C2CC2)nn3C)c(-n2cccn2)c1. The van der Waals surface area contributed by atoms with Crippen LogP contribution in [0.4, 0.5) is 0 Å². The topological polar surface area (TPSA) is 64.3 Å². The molecular formula is C19H20N6. The van der Waals surface area contributed by atoms with Crippen LogP contribution in [0, 0.1) is 13.8 Å². The van der Waals surface area contributed by atoms with Crippen LogP contribution in [0.2, 0.25) is 0 Å². The molecule has 1 aromatic carbocycles. The first kappa shape index (κ1) is 14.5. The van der Waals surface area contributed by atoms with Gasteiger partial charge in [0.25, 0.3) is 0 Å². The third-order valence-corrected chi connectivity index (χ3v) is 4.92. The highest BCUT2D eigenvalue weighted by Gasteiger charge is 2.30. The molecule has 3 heterocycles. The maximum Gasteiger partial charge on any atom is 0.176 e. The van der Waals surface area contributed by atoms with E-state index in [0.29, 0.717) is 5.92 Å². The van der Waals surface area contributed by atoms with Crippen molar-refractivity contribution in [3.63, 3.8) is 0 Å². The van der Waals surface area contributed by atoms with Gasteiger partial charge in [-0.25, -0.2) is 14.3 Å². The van der Waals surface area contributed by atoms with E-state index in [9.17, 15) is 0 Å². The Bertz CT molecular complexity index is 1080. The summed E-state index contributed by atoms with van der Waals surface area (Å²) in [6, 6.07) is 6.29. The molecule has 0 spiro atoms. The fourth-order valence-corrected chi connectivity index (χ4v) is 3.64. The highest BCUT2D eigenvalue weighted by atomic mass is 15.3. The summed E-state index contributed by atoms with van der Waals surface area (Å²) in [5.74, 6) is 1.47. The van der Waals surface area contributed by atoms with E-state index in [-0.39, 0.29) is 0 Å². The summed E-state index contributed by atoms with van der Waals surface area (Å²) < 4.78 is 3.79. The quantitative estimate of drug-likeness (QED) is 0.623. The Morgan fingerprint density at radius 2 is 2.04 bits per heavy atom. The fraction of sp³-hybridized carbons (Fsp3) is 0.316. The van der Waals surface area contributed by atoms with E-state index in [0.717, 1.165) is 33.9 Å². The van der Waals surface area contributed by atoms with Gasteiger partial charge < -0.3 is 4.98 Å². The second-order valence-electron chi connectivity index (χ2n) is 6.99. The number of hydrogen-bond donors (Lipinski definition) is 1. The number of hydrogen-bond acceptors (Lipinski definition) is 3. The molecule has 0 amide bonds. The third kappa shape index (κ3) is 2.21. The molecule has 0 bridgehead atoms. The molecule has 6 heteroatoms. The summed E-state index contributed by atoms with van der Waals surface area (Å²) in [6.45, 7) is 4.24. The van der Waals surface area contributed by atoms with Crippen LogP contribution in [0.5, 0.6) is 0 Å². The number of rotatable bonds is 3. The second-order valence-corrected chi connectivity index (χ2v) is 6.99. The Kier molecular flexibility index (Phi) is 2.92. The maximum atomic E-state index is 4.88. The van der Waals surface area contributed by atoms with Crippen molar-refractivity contribution in [2.75, 3.05) is 0 Å². The highest BCUT2D eigenvalue weighted by molar-refractivity contribution is 5.83. The number of fused-ring (bicyclic) bond motifs is 1. The summed E-state index contributed by atoms with van der Waals surface area (Å²) in [6.07, 6.45) is 6.22. The Morgan fingerprint density at radius 1 is 1.20 bits per heavy atom. The fourth-order valence-electron chi connectivity index (χ4n) is 3.64. The van der Waals surface area contributed by atoms with Crippen molar-refractivity contribution < 1.29 is 0 Å². The van der Waals surface area contributed by atoms with Gasteiger partial charge in [0.2, 0.25) is 0 Å². The molecule has 0 aliphatic heterocycles. The molecule has 0 radical (unpaired) electrons. The molecule has 1 N–H and O–H groups in total. The number of imidazole rings is 1. The average molecular weight is 332 g/mol. The minimum Gasteiger partial charge on any atom is -0.335 e. The molecule has 0 saturated heterocycles. The zero-order valence-electron chi connectivity index (χ0n) is 14.6. The number of aryl methyl sites for hydroxylation is 3. The number of aromatic amines is 1. The number of benzene rings is 1. The summed E-state index contributed by atoms with van der Waals surface area (Å²) >= 11 is 0. The van der Waals surface area contributed by atoms with Crippen molar-refractivity contribution in [1.29, 1.82) is 0 Å². The maximum absolute atomic E-state index is 4.88. The van der Waals surface area contributed by atoms with Crippen LogP contribution in [0.1, 0.15) is 35.6 Å². The predicted molar refractivity (Wildman–Crippen MR) is 96.9 cm³/mol. The number of aromatic nitrogens is 6. The smallest absolute Gasteiger partial charge is 0.176 e. The number of nitrogens with zero attached hydrogens (tertiary/aromatic N) is 5. The van der Waals surface area contributed by atoms with Crippen LogP contribution in [0.15, 0.2) is 30.6 Å². The molecule has 25 heavy (non-hydrogen) atoms. The standard InChI is InChI=1S/C19H20N6/c1-11-9-12(2)15(14(10-11)25-8-4-7-20-25)18-21-17-16(13-5-6-13)23-24(3)19(17)22-18/h4,7-10,13H,5-6H2,1-3H3,(H,21,22). The summed E-state index contributed by atoms with van der Waals surface area (Å²) in [5.41, 5.74) is 7.68. The average Bonchev–Trinajstić information content (AvgIpc) is 2.99. The first-order valence-electron chi connectivity index (χ1n) is 8.66. The molecule has 1 aliphatic rings. The van der Waals surface area contributed by atoms with Gasteiger partial charge in [0.1, 0.15) is 11.3 Å². The van der Waals surface area contributed by atoms with Crippen molar-refractivity contribution in [2.24, 2.45) is 7.05 Å². The molecule has 0 atom stereocenters. The van der Waals surface area contributed by atoms with E-state index >= 15 is 0 Å². The zero-order valence-corrected chi connectivity index (χ0v) is 14.6. The molecule has 4 aromatic rings. The van der Waals surface area contributed by atoms with Gasteiger partial charge in [-0.3, -0.25) is 0 Å². The summed E-state index contributed by atoms with van der Waals surface area (Å²) in [5, 5.41) is 9.09. The molecule has 1 aliphatic carbocycles. The van der Waals surface area contributed by atoms with Gasteiger partial charge in [0.15, 0.2) is 5.65 Å². The van der Waals surface area contributed by atoms with E-state index in [2.05, 4.69) is 41.2 Å². The third-order valence-electron chi connectivity index (χ3n) is 4.92. The first-order chi connectivity index (χ1) is 12.1. The lowest BCUT2D eigenvalue weighted by Crippen LogP contribution is -2.02. The number of nitrogens with one attached hydrogen (secondary N) is 1. The van der Waals surface area contributed by atoms with Crippen LogP contribution in [-0.4, -0.2) is 29.5 Å². The Labute approximate surface area is 145 Å². The van der Waals surface area contributed by atoms with Crippen molar-refractivity contribution in [3.8, 4) is 17.1 Å². The van der Waals surface area contributed by atoms with Gasteiger partial charge in [-0.2, -0.15) is 10.2 Å². The van der Waals surface area contributed by atoms with E-state index in [1.807, 2.05) is 28.7 Å². The normalized spacial score (nSPS) is 14.5. The van der Waals surface area contributed by atoms with E-state index < -0.39 is 0 Å². The van der Waals surface area contributed by atoms with Crippen LogP contribution < -0.4 is 0 Å². The molecule has 126 valence electrons. The molecule has 1 saturated carbocycles. The Morgan fingerprint density at radius 3 is 2.76 bits per heavy atom. The Hall–Kier alpha value is -2.89. The van der Waals surface area contributed by atoms with Crippen molar-refractivity contribution in [1.82, 2.24) is 29.5 Å². The van der Waals surface area contributed by atoms with E-state index in [1.54, 1.807) is 6.20 Å².